The molecular formula is C9H19NO3. The Hall–Kier alpha value is -0.160. The van der Waals surface area contributed by atoms with Gasteiger partial charge in [0.2, 0.25) is 0 Å². The number of hydrogen-bond acceptors (Lipinski definition) is 4. The molecule has 0 radical (unpaired) electrons. The monoisotopic (exact) mass is 189 g/mol. The van der Waals surface area contributed by atoms with Gasteiger partial charge in [0.25, 0.3) is 0 Å². The normalized spacial score (nSPS) is 25.8. The van der Waals surface area contributed by atoms with E-state index in [2.05, 4.69) is 5.32 Å². The highest BCUT2D eigenvalue weighted by Gasteiger charge is 2.14. The molecule has 2 N–H and O–H groups in total. The van der Waals surface area contributed by atoms with Gasteiger partial charge >= 0.3 is 0 Å². The first kappa shape index (κ1) is 10.9. The lowest BCUT2D eigenvalue weighted by Crippen LogP contribution is -2.41. The second-order valence-corrected chi connectivity index (χ2v) is 3.43. The molecule has 4 nitrogen and oxygen atoms in total. The number of aliphatic hydroxyl groups is 1. The van der Waals surface area contributed by atoms with E-state index in [1.807, 2.05) is 0 Å². The maximum Gasteiger partial charge on any atom is 0.0897 e. The van der Waals surface area contributed by atoms with Crippen LogP contribution in [0.25, 0.3) is 0 Å². The summed E-state index contributed by atoms with van der Waals surface area (Å²) in [5, 5.41) is 12.6. The summed E-state index contributed by atoms with van der Waals surface area (Å²) in [4.78, 5) is 0. The summed E-state index contributed by atoms with van der Waals surface area (Å²) in [6, 6.07) is 0.403. The Kier molecular flexibility index (Phi) is 5.31. The van der Waals surface area contributed by atoms with Crippen LogP contribution >= 0.6 is 0 Å². The van der Waals surface area contributed by atoms with Crippen LogP contribution in [0.5, 0.6) is 0 Å². The van der Waals surface area contributed by atoms with Gasteiger partial charge in [-0.25, -0.2) is 0 Å². The van der Waals surface area contributed by atoms with E-state index in [9.17, 15) is 5.11 Å². The molecule has 4 heteroatoms. The zero-order chi connectivity index (χ0) is 9.52. The molecule has 1 rings (SSSR count). The van der Waals surface area contributed by atoms with Gasteiger partial charge in [-0.3, -0.25) is 0 Å². The highest BCUT2D eigenvalue weighted by Crippen LogP contribution is 2.05. The highest BCUT2D eigenvalue weighted by molar-refractivity contribution is 4.71. The van der Waals surface area contributed by atoms with Crippen LogP contribution in [0.15, 0.2) is 0 Å². The third-order valence-corrected chi connectivity index (χ3v) is 2.16. The summed E-state index contributed by atoms with van der Waals surface area (Å²) in [5.74, 6) is 0. The lowest BCUT2D eigenvalue weighted by atomic mass is 10.1. The van der Waals surface area contributed by atoms with Crippen molar-refractivity contribution in [1.29, 1.82) is 0 Å². The van der Waals surface area contributed by atoms with Crippen molar-refractivity contribution in [3.8, 4) is 0 Å². The smallest absolute Gasteiger partial charge is 0.0897 e. The predicted octanol–water partition coefficient (Wildman–Crippen LogP) is -0.238. The average Bonchev–Trinajstić information content (AvgIpc) is 2.17. The fraction of sp³-hybridized carbons (Fsp3) is 1.00. The van der Waals surface area contributed by atoms with Crippen molar-refractivity contribution in [1.82, 2.24) is 5.32 Å². The van der Waals surface area contributed by atoms with Gasteiger partial charge in [0.05, 0.1) is 19.3 Å². The molecule has 0 saturated carbocycles. The third-order valence-electron chi connectivity index (χ3n) is 2.16. The Morgan fingerprint density at radius 1 is 1.69 bits per heavy atom. The molecule has 0 spiro atoms. The molecule has 2 unspecified atom stereocenters. The molecule has 78 valence electrons. The number of ether oxygens (including phenoxy) is 2. The summed E-state index contributed by atoms with van der Waals surface area (Å²) in [7, 11) is 1.59. The molecule has 0 aromatic carbocycles. The molecule has 0 amide bonds. The van der Waals surface area contributed by atoms with E-state index in [1.165, 1.54) is 0 Å². The minimum atomic E-state index is -0.410. The van der Waals surface area contributed by atoms with E-state index >= 15 is 0 Å². The molecule has 2 atom stereocenters. The van der Waals surface area contributed by atoms with Crippen molar-refractivity contribution in [2.24, 2.45) is 0 Å². The lowest BCUT2D eigenvalue weighted by molar-refractivity contribution is 0.0439. The van der Waals surface area contributed by atoms with Gasteiger partial charge in [0.15, 0.2) is 0 Å². The van der Waals surface area contributed by atoms with Gasteiger partial charge < -0.3 is 19.9 Å². The number of hydrogen-bond donors (Lipinski definition) is 2. The molecule has 1 heterocycles. The Morgan fingerprint density at radius 2 is 2.54 bits per heavy atom. The van der Waals surface area contributed by atoms with Gasteiger partial charge in [-0.1, -0.05) is 0 Å². The SMILES string of the molecule is COCC(O)CNC1CCCOC1. The first-order valence-electron chi connectivity index (χ1n) is 4.81. The molecule has 1 aliphatic heterocycles. The van der Waals surface area contributed by atoms with Crippen LogP contribution in [0.4, 0.5) is 0 Å². The largest absolute Gasteiger partial charge is 0.389 e. The van der Waals surface area contributed by atoms with Crippen molar-refractivity contribution in [3.05, 3.63) is 0 Å². The van der Waals surface area contributed by atoms with Crippen LogP contribution in [0.1, 0.15) is 12.8 Å². The molecule has 13 heavy (non-hydrogen) atoms. The van der Waals surface area contributed by atoms with Gasteiger partial charge in [-0.05, 0) is 12.8 Å². The van der Waals surface area contributed by atoms with Crippen molar-refractivity contribution in [3.63, 3.8) is 0 Å². The van der Waals surface area contributed by atoms with Gasteiger partial charge in [-0.2, -0.15) is 0 Å². The second kappa shape index (κ2) is 6.32. The van der Waals surface area contributed by atoms with Gasteiger partial charge in [-0.15, -0.1) is 0 Å². The van der Waals surface area contributed by atoms with Crippen molar-refractivity contribution in [2.45, 2.75) is 25.0 Å². The molecule has 0 aromatic heterocycles. The molecule has 1 fully saturated rings. The quantitative estimate of drug-likeness (QED) is 0.627. The maximum atomic E-state index is 9.35. The summed E-state index contributed by atoms with van der Waals surface area (Å²) in [6.45, 7) is 2.61. The van der Waals surface area contributed by atoms with E-state index < -0.39 is 6.10 Å². The second-order valence-electron chi connectivity index (χ2n) is 3.43. The van der Waals surface area contributed by atoms with Gasteiger partial charge in [0, 0.05) is 26.3 Å². The van der Waals surface area contributed by atoms with Crippen LogP contribution in [0.3, 0.4) is 0 Å². The zero-order valence-electron chi connectivity index (χ0n) is 8.16. The standard InChI is InChI=1S/C9H19NO3/c1-12-7-9(11)5-10-8-3-2-4-13-6-8/h8-11H,2-7H2,1H3. The number of nitrogens with one attached hydrogen (secondary N) is 1. The Labute approximate surface area is 79.2 Å². The fourth-order valence-electron chi connectivity index (χ4n) is 1.46. The van der Waals surface area contributed by atoms with Crippen molar-refractivity contribution >= 4 is 0 Å². The molecular weight excluding hydrogens is 170 g/mol. The Morgan fingerprint density at radius 3 is 3.15 bits per heavy atom. The van der Waals surface area contributed by atoms with E-state index in [1.54, 1.807) is 7.11 Å². The fourth-order valence-corrected chi connectivity index (χ4v) is 1.46. The molecule has 0 aliphatic carbocycles. The summed E-state index contributed by atoms with van der Waals surface area (Å²) in [6.07, 6.45) is 1.84. The lowest BCUT2D eigenvalue weighted by Gasteiger charge is -2.24. The van der Waals surface area contributed by atoms with Crippen LogP contribution in [-0.2, 0) is 9.47 Å². The molecule has 1 aliphatic rings. The van der Waals surface area contributed by atoms with Crippen LogP contribution < -0.4 is 5.32 Å². The van der Waals surface area contributed by atoms with Crippen molar-refractivity contribution < 1.29 is 14.6 Å². The van der Waals surface area contributed by atoms with Crippen LogP contribution in [0, 0.1) is 0 Å². The Bertz CT molecular complexity index is 126. The minimum Gasteiger partial charge on any atom is -0.389 e. The zero-order valence-corrected chi connectivity index (χ0v) is 8.16. The minimum absolute atomic E-state index is 0.389. The average molecular weight is 189 g/mol. The van der Waals surface area contributed by atoms with E-state index in [4.69, 9.17) is 9.47 Å². The highest BCUT2D eigenvalue weighted by atomic mass is 16.5. The van der Waals surface area contributed by atoms with Crippen LogP contribution in [-0.4, -0.2) is 50.7 Å². The first-order valence-corrected chi connectivity index (χ1v) is 4.81. The molecule has 1 saturated heterocycles. The number of rotatable bonds is 5. The van der Waals surface area contributed by atoms with Gasteiger partial charge in [0.1, 0.15) is 0 Å². The third kappa shape index (κ3) is 4.57. The van der Waals surface area contributed by atoms with E-state index in [0.29, 0.717) is 19.2 Å². The molecule has 0 bridgehead atoms. The number of methoxy groups -OCH3 is 1. The number of aliphatic hydroxyl groups excluding tert-OH is 1. The summed E-state index contributed by atoms with van der Waals surface area (Å²) >= 11 is 0. The molecule has 0 aromatic rings. The Balaban J connectivity index is 2.03. The van der Waals surface area contributed by atoms with E-state index in [0.717, 1.165) is 26.1 Å². The predicted molar refractivity (Wildman–Crippen MR) is 49.7 cm³/mol. The van der Waals surface area contributed by atoms with Crippen LogP contribution in [0.2, 0.25) is 0 Å². The topological polar surface area (TPSA) is 50.7 Å². The maximum absolute atomic E-state index is 9.35. The van der Waals surface area contributed by atoms with Crippen molar-refractivity contribution in [2.75, 3.05) is 33.5 Å². The summed E-state index contributed by atoms with van der Waals surface area (Å²) < 4.78 is 10.1. The first-order chi connectivity index (χ1) is 6.33. The van der Waals surface area contributed by atoms with E-state index in [-0.39, 0.29) is 0 Å². The summed E-state index contributed by atoms with van der Waals surface area (Å²) in [5.41, 5.74) is 0.